The Morgan fingerprint density at radius 3 is 2.78 bits per heavy atom. The molecule has 2 heterocycles. The number of methoxy groups -OCH3 is 1. The highest BCUT2D eigenvalue weighted by Crippen LogP contribution is 2.25. The number of rotatable bonds is 5. The Bertz CT molecular complexity index is 765. The van der Waals surface area contributed by atoms with Crippen LogP contribution in [0.1, 0.15) is 38.3 Å². The van der Waals surface area contributed by atoms with Crippen LogP contribution in [0.5, 0.6) is 5.75 Å². The van der Waals surface area contributed by atoms with Crippen molar-refractivity contribution in [1.82, 2.24) is 10.3 Å². The van der Waals surface area contributed by atoms with Crippen molar-refractivity contribution >= 4 is 28.8 Å². The predicted octanol–water partition coefficient (Wildman–Crippen LogP) is 4.37. The van der Waals surface area contributed by atoms with Gasteiger partial charge in [0.05, 0.1) is 13.2 Å². The first-order valence-electron chi connectivity index (χ1n) is 9.48. The molecule has 0 bridgehead atoms. The molecule has 1 aromatic heterocycles. The molecule has 0 unspecified atom stereocenters. The van der Waals surface area contributed by atoms with E-state index in [1.807, 2.05) is 12.1 Å². The van der Waals surface area contributed by atoms with E-state index in [-0.39, 0.29) is 6.04 Å². The Morgan fingerprint density at radius 2 is 2.07 bits per heavy atom. The maximum Gasteiger partial charge on any atom is 0.174 e. The first-order valence-corrected chi connectivity index (χ1v) is 9.89. The summed E-state index contributed by atoms with van der Waals surface area (Å²) in [5, 5.41) is 6.94. The molecule has 0 saturated carbocycles. The molecule has 1 aromatic carbocycles. The van der Waals surface area contributed by atoms with E-state index in [1.54, 1.807) is 13.3 Å². The number of aromatic nitrogens is 1. The second-order valence-corrected chi connectivity index (χ2v) is 7.57. The molecule has 0 aliphatic carbocycles. The first kappa shape index (κ1) is 19.4. The van der Waals surface area contributed by atoms with Crippen molar-refractivity contribution in [3.05, 3.63) is 48.2 Å². The molecule has 144 valence electrons. The topological polar surface area (TPSA) is 49.4 Å². The molecule has 0 amide bonds. The van der Waals surface area contributed by atoms with Gasteiger partial charge in [-0.05, 0) is 67.7 Å². The maximum atomic E-state index is 5.43. The van der Waals surface area contributed by atoms with Crippen LogP contribution in [-0.2, 0) is 0 Å². The van der Waals surface area contributed by atoms with Gasteiger partial charge in [-0.25, -0.2) is 4.98 Å². The zero-order valence-corrected chi connectivity index (χ0v) is 17.1. The van der Waals surface area contributed by atoms with Crippen LogP contribution >= 0.6 is 12.2 Å². The Hall–Kier alpha value is -2.34. The van der Waals surface area contributed by atoms with Crippen molar-refractivity contribution in [1.29, 1.82) is 0 Å². The molecule has 6 heteroatoms. The first-order chi connectivity index (χ1) is 13.1. The lowest BCUT2D eigenvalue weighted by atomic mass is 9.99. The lowest BCUT2D eigenvalue weighted by Crippen LogP contribution is -2.34. The van der Waals surface area contributed by atoms with E-state index in [0.29, 0.717) is 16.7 Å². The zero-order chi connectivity index (χ0) is 19.2. The van der Waals surface area contributed by atoms with Crippen molar-refractivity contribution in [2.45, 2.75) is 32.7 Å². The summed E-state index contributed by atoms with van der Waals surface area (Å²) in [6.45, 7) is 6.73. The lowest BCUT2D eigenvalue weighted by Gasteiger charge is -2.33. The summed E-state index contributed by atoms with van der Waals surface area (Å²) < 4.78 is 5.30. The Kier molecular flexibility index (Phi) is 6.50. The normalized spacial score (nSPS) is 17.9. The van der Waals surface area contributed by atoms with E-state index in [1.165, 1.54) is 24.1 Å². The summed E-state index contributed by atoms with van der Waals surface area (Å²) >= 11 is 5.43. The van der Waals surface area contributed by atoms with Gasteiger partial charge in [0.25, 0.3) is 0 Å². The quantitative estimate of drug-likeness (QED) is 0.747. The minimum atomic E-state index is 0.0917. The second-order valence-electron chi connectivity index (χ2n) is 7.16. The number of pyridine rings is 1. The van der Waals surface area contributed by atoms with Crippen molar-refractivity contribution < 1.29 is 4.74 Å². The highest BCUT2D eigenvalue weighted by Gasteiger charge is 2.17. The molecule has 2 N–H and O–H groups in total. The van der Waals surface area contributed by atoms with Gasteiger partial charge in [0.15, 0.2) is 16.7 Å². The number of anilines is 2. The van der Waals surface area contributed by atoms with Crippen LogP contribution in [-0.4, -0.2) is 30.3 Å². The highest BCUT2D eigenvalue weighted by atomic mass is 32.1. The zero-order valence-electron chi connectivity index (χ0n) is 16.2. The van der Waals surface area contributed by atoms with Gasteiger partial charge < -0.3 is 20.3 Å². The lowest BCUT2D eigenvalue weighted by molar-refractivity contribution is 0.415. The molecule has 2 aromatic rings. The molecular weight excluding hydrogens is 356 g/mol. The monoisotopic (exact) mass is 384 g/mol. The second kappa shape index (κ2) is 9.04. The fourth-order valence-electron chi connectivity index (χ4n) is 3.47. The SMILES string of the molecule is COc1cccnc1NC(=S)N[C@H](C)c1ccc(N2CCC[C@@H](C)C2)cc1. The molecule has 1 saturated heterocycles. The van der Waals surface area contributed by atoms with E-state index in [9.17, 15) is 0 Å². The summed E-state index contributed by atoms with van der Waals surface area (Å²) in [6.07, 6.45) is 4.32. The summed E-state index contributed by atoms with van der Waals surface area (Å²) in [5.41, 5.74) is 2.50. The van der Waals surface area contributed by atoms with Crippen LogP contribution in [0.25, 0.3) is 0 Å². The van der Waals surface area contributed by atoms with Gasteiger partial charge in [-0.3, -0.25) is 0 Å². The van der Waals surface area contributed by atoms with Gasteiger partial charge >= 0.3 is 0 Å². The fraction of sp³-hybridized carbons (Fsp3) is 0.429. The van der Waals surface area contributed by atoms with Crippen LogP contribution < -0.4 is 20.3 Å². The molecule has 1 fully saturated rings. The van der Waals surface area contributed by atoms with Crippen molar-refractivity contribution in [3.63, 3.8) is 0 Å². The Morgan fingerprint density at radius 1 is 1.30 bits per heavy atom. The van der Waals surface area contributed by atoms with Crippen molar-refractivity contribution in [2.24, 2.45) is 5.92 Å². The van der Waals surface area contributed by atoms with Crippen LogP contribution in [0, 0.1) is 5.92 Å². The highest BCUT2D eigenvalue weighted by molar-refractivity contribution is 7.80. The van der Waals surface area contributed by atoms with Crippen LogP contribution in [0.15, 0.2) is 42.6 Å². The van der Waals surface area contributed by atoms with E-state index in [0.717, 1.165) is 19.0 Å². The molecule has 0 spiro atoms. The fourth-order valence-corrected chi connectivity index (χ4v) is 3.74. The van der Waals surface area contributed by atoms with Gasteiger partial charge in [0, 0.05) is 25.0 Å². The average Bonchev–Trinajstić information content (AvgIpc) is 2.68. The van der Waals surface area contributed by atoms with Gasteiger partial charge in [0.2, 0.25) is 0 Å². The molecule has 3 rings (SSSR count). The number of benzene rings is 1. The Labute approximate surface area is 167 Å². The van der Waals surface area contributed by atoms with Crippen LogP contribution in [0.4, 0.5) is 11.5 Å². The van der Waals surface area contributed by atoms with Crippen molar-refractivity contribution in [2.75, 3.05) is 30.4 Å². The summed E-state index contributed by atoms with van der Waals surface area (Å²) in [6, 6.07) is 12.5. The number of piperidine rings is 1. The van der Waals surface area contributed by atoms with Gasteiger partial charge in [-0.2, -0.15) is 0 Å². The molecule has 5 nitrogen and oxygen atoms in total. The summed E-state index contributed by atoms with van der Waals surface area (Å²) in [4.78, 5) is 6.75. The molecule has 1 aliphatic rings. The number of ether oxygens (including phenoxy) is 1. The third kappa shape index (κ3) is 5.10. The number of hydrogen-bond acceptors (Lipinski definition) is 4. The minimum Gasteiger partial charge on any atom is -0.493 e. The van der Waals surface area contributed by atoms with E-state index < -0.39 is 0 Å². The third-order valence-corrected chi connectivity index (χ3v) is 5.21. The predicted molar refractivity (Wildman–Crippen MR) is 116 cm³/mol. The maximum absolute atomic E-state index is 5.43. The Balaban J connectivity index is 1.59. The number of nitrogens with zero attached hydrogens (tertiary/aromatic N) is 2. The average molecular weight is 385 g/mol. The standard InChI is InChI=1S/C21H28N4OS/c1-15-6-5-13-25(14-15)18-10-8-17(9-11-18)16(2)23-21(27)24-20-19(26-3)7-4-12-22-20/h4,7-12,15-16H,5-6,13-14H2,1-3H3,(H2,22,23,24,27)/t15-,16-/m1/s1. The third-order valence-electron chi connectivity index (χ3n) is 4.99. The van der Waals surface area contributed by atoms with Gasteiger partial charge in [-0.1, -0.05) is 19.1 Å². The van der Waals surface area contributed by atoms with E-state index >= 15 is 0 Å². The smallest absolute Gasteiger partial charge is 0.174 e. The minimum absolute atomic E-state index is 0.0917. The van der Waals surface area contributed by atoms with Gasteiger partial charge in [0.1, 0.15) is 0 Å². The van der Waals surface area contributed by atoms with Gasteiger partial charge in [-0.15, -0.1) is 0 Å². The van der Waals surface area contributed by atoms with E-state index in [2.05, 4.69) is 58.6 Å². The summed E-state index contributed by atoms with van der Waals surface area (Å²) in [5.74, 6) is 2.04. The van der Waals surface area contributed by atoms with Crippen molar-refractivity contribution in [3.8, 4) is 5.75 Å². The number of hydrogen-bond donors (Lipinski definition) is 2. The number of nitrogens with one attached hydrogen (secondary N) is 2. The summed E-state index contributed by atoms with van der Waals surface area (Å²) in [7, 11) is 1.62. The number of thiocarbonyl (C=S) groups is 1. The largest absolute Gasteiger partial charge is 0.493 e. The van der Waals surface area contributed by atoms with Crippen LogP contribution in [0.3, 0.4) is 0 Å². The molecule has 27 heavy (non-hydrogen) atoms. The van der Waals surface area contributed by atoms with Crippen LogP contribution in [0.2, 0.25) is 0 Å². The van der Waals surface area contributed by atoms with E-state index in [4.69, 9.17) is 17.0 Å². The molecule has 0 radical (unpaired) electrons. The molecule has 1 aliphatic heterocycles. The molecular formula is C21H28N4OS. The molecule has 2 atom stereocenters.